The van der Waals surface area contributed by atoms with E-state index < -0.39 is 0 Å². The summed E-state index contributed by atoms with van der Waals surface area (Å²) in [5.41, 5.74) is 2.11. The number of aromatic nitrogens is 2. The largest absolute Gasteiger partial charge is 0.325 e. The number of nitrogens with zero attached hydrogens (tertiary/aromatic N) is 1. The monoisotopic (exact) mass is 416 g/mol. The van der Waals surface area contributed by atoms with Gasteiger partial charge in [-0.2, -0.15) is 0 Å². The fourth-order valence-corrected chi connectivity index (χ4v) is 4.99. The Balaban J connectivity index is 1.63. The highest BCUT2D eigenvalue weighted by Gasteiger charge is 2.21. The first-order valence-corrected chi connectivity index (χ1v) is 10.8. The van der Waals surface area contributed by atoms with Crippen molar-refractivity contribution in [3.63, 3.8) is 0 Å². The topological polar surface area (TPSA) is 50.2 Å². The van der Waals surface area contributed by atoms with Crippen LogP contribution in [0, 0.1) is 0 Å². The van der Waals surface area contributed by atoms with Crippen LogP contribution in [-0.2, 0) is 6.54 Å². The molecule has 0 saturated carbocycles. The van der Waals surface area contributed by atoms with Crippen LogP contribution >= 0.6 is 34.3 Å². The van der Waals surface area contributed by atoms with E-state index in [0.29, 0.717) is 5.39 Å². The van der Waals surface area contributed by atoms with Gasteiger partial charge in [-0.15, -0.1) is 22.7 Å². The highest BCUT2D eigenvalue weighted by atomic mass is 35.5. The number of halogens is 1. The van der Waals surface area contributed by atoms with E-state index in [0.717, 1.165) is 32.7 Å². The Morgan fingerprint density at radius 3 is 2.70 bits per heavy atom. The number of hydrogen-bond acceptors (Lipinski definition) is 4. The summed E-state index contributed by atoms with van der Waals surface area (Å²) in [6, 6.07) is 12.0. The average molecular weight is 417 g/mol. The predicted molar refractivity (Wildman–Crippen MR) is 114 cm³/mol. The zero-order chi connectivity index (χ0) is 19.0. The average Bonchev–Trinajstić information content (AvgIpc) is 3.32. The number of H-pyrrole nitrogens is 1. The fourth-order valence-electron chi connectivity index (χ4n) is 3.09. The maximum Gasteiger partial charge on any atom is 0.260 e. The zero-order valence-electron chi connectivity index (χ0n) is 15.0. The molecule has 4 nitrogen and oxygen atoms in total. The van der Waals surface area contributed by atoms with Gasteiger partial charge in [0.1, 0.15) is 17.4 Å². The van der Waals surface area contributed by atoms with Crippen molar-refractivity contribution in [2.45, 2.75) is 19.5 Å². The lowest BCUT2D eigenvalue weighted by molar-refractivity contribution is -0.924. The summed E-state index contributed by atoms with van der Waals surface area (Å²) in [6.45, 7) is 2.91. The molecule has 0 aliphatic carbocycles. The standard InChI is InChI=1S/C20H18ClN3OS2/c1-12(24(2)10-13-5-7-14(21)8-6-13)18-22-19(25)17-15(11-27-20(17)23-18)16-4-3-9-26-16/h3-9,11-12H,10H2,1-2H3,(H,22,23,25)/p+1/t12-/m1/s1. The van der Waals surface area contributed by atoms with Gasteiger partial charge in [0.2, 0.25) is 0 Å². The Morgan fingerprint density at radius 2 is 2.00 bits per heavy atom. The second kappa shape index (κ2) is 7.56. The van der Waals surface area contributed by atoms with Gasteiger partial charge < -0.3 is 9.88 Å². The third-order valence-electron chi connectivity index (χ3n) is 4.79. The van der Waals surface area contributed by atoms with Crippen LogP contribution in [0.2, 0.25) is 5.02 Å². The minimum atomic E-state index is -0.0641. The molecule has 0 saturated heterocycles. The first-order chi connectivity index (χ1) is 13.0. The van der Waals surface area contributed by atoms with Crippen LogP contribution in [-0.4, -0.2) is 17.0 Å². The van der Waals surface area contributed by atoms with Gasteiger partial charge in [0.05, 0.1) is 12.4 Å². The van der Waals surface area contributed by atoms with E-state index in [-0.39, 0.29) is 11.6 Å². The summed E-state index contributed by atoms with van der Waals surface area (Å²) in [5.74, 6) is 0.721. The Bertz CT molecular complexity index is 1120. The molecule has 27 heavy (non-hydrogen) atoms. The van der Waals surface area contributed by atoms with Crippen LogP contribution in [0.3, 0.4) is 0 Å². The molecule has 7 heteroatoms. The molecule has 4 aromatic rings. The third-order valence-corrected chi connectivity index (χ3v) is 6.82. The molecule has 138 valence electrons. The van der Waals surface area contributed by atoms with E-state index in [1.165, 1.54) is 21.8 Å². The molecule has 0 bridgehead atoms. The van der Waals surface area contributed by atoms with Gasteiger partial charge in [0.25, 0.3) is 5.56 Å². The van der Waals surface area contributed by atoms with Crippen LogP contribution in [0.4, 0.5) is 0 Å². The highest BCUT2D eigenvalue weighted by Crippen LogP contribution is 2.33. The lowest BCUT2D eigenvalue weighted by Gasteiger charge is -2.21. The summed E-state index contributed by atoms with van der Waals surface area (Å²) in [7, 11) is 2.11. The molecule has 1 unspecified atom stereocenters. The van der Waals surface area contributed by atoms with E-state index >= 15 is 0 Å². The van der Waals surface area contributed by atoms with Crippen LogP contribution in [0.1, 0.15) is 24.4 Å². The van der Waals surface area contributed by atoms with Gasteiger partial charge >= 0.3 is 0 Å². The van der Waals surface area contributed by atoms with Gasteiger partial charge in [-0.05, 0) is 30.5 Å². The molecule has 1 aromatic carbocycles. The number of nitrogens with one attached hydrogen (secondary N) is 2. The molecular formula is C20H19ClN3OS2+. The summed E-state index contributed by atoms with van der Waals surface area (Å²) >= 11 is 9.13. The molecule has 0 amide bonds. The van der Waals surface area contributed by atoms with Crippen molar-refractivity contribution in [2.75, 3.05) is 7.05 Å². The number of aromatic amines is 1. The van der Waals surface area contributed by atoms with Gasteiger partial charge in [-0.25, -0.2) is 4.98 Å². The van der Waals surface area contributed by atoms with Crippen LogP contribution < -0.4 is 10.5 Å². The minimum absolute atomic E-state index is 0.0602. The SMILES string of the molecule is C[C@H](c1nc2scc(-c3cccs3)c2c(=O)[nH]1)[NH+](C)Cc1ccc(Cl)cc1. The number of benzene rings is 1. The first kappa shape index (κ1) is 18.4. The second-order valence-corrected chi connectivity index (χ2v) is 8.87. The van der Waals surface area contributed by atoms with E-state index in [4.69, 9.17) is 16.6 Å². The zero-order valence-corrected chi connectivity index (χ0v) is 17.3. The Hall–Kier alpha value is -1.99. The van der Waals surface area contributed by atoms with E-state index in [1.54, 1.807) is 11.3 Å². The van der Waals surface area contributed by atoms with Crippen molar-refractivity contribution >= 4 is 44.5 Å². The molecule has 4 rings (SSSR count). The molecule has 0 spiro atoms. The van der Waals surface area contributed by atoms with Gasteiger partial charge in [-0.1, -0.05) is 29.8 Å². The van der Waals surface area contributed by atoms with Crippen molar-refractivity contribution in [1.82, 2.24) is 9.97 Å². The quantitative estimate of drug-likeness (QED) is 0.513. The van der Waals surface area contributed by atoms with E-state index in [1.807, 2.05) is 47.2 Å². The molecule has 0 aliphatic heterocycles. The Morgan fingerprint density at radius 1 is 1.22 bits per heavy atom. The van der Waals surface area contributed by atoms with Gasteiger partial charge in [0.15, 0.2) is 5.82 Å². The molecule has 0 fully saturated rings. The van der Waals surface area contributed by atoms with Crippen molar-refractivity contribution in [3.05, 3.63) is 73.9 Å². The van der Waals surface area contributed by atoms with Crippen LogP contribution in [0.25, 0.3) is 20.7 Å². The third kappa shape index (κ3) is 3.71. The van der Waals surface area contributed by atoms with E-state index in [9.17, 15) is 4.79 Å². The van der Waals surface area contributed by atoms with Crippen LogP contribution in [0.15, 0.2) is 52.0 Å². The highest BCUT2D eigenvalue weighted by molar-refractivity contribution is 7.18. The van der Waals surface area contributed by atoms with Crippen molar-refractivity contribution in [2.24, 2.45) is 0 Å². The van der Waals surface area contributed by atoms with Crippen molar-refractivity contribution < 1.29 is 4.90 Å². The lowest BCUT2D eigenvalue weighted by atomic mass is 10.1. The Kier molecular flexibility index (Phi) is 5.14. The van der Waals surface area contributed by atoms with E-state index in [2.05, 4.69) is 19.0 Å². The summed E-state index contributed by atoms with van der Waals surface area (Å²) in [5, 5.41) is 5.47. The number of hydrogen-bond donors (Lipinski definition) is 2. The molecule has 2 N–H and O–H groups in total. The lowest BCUT2D eigenvalue weighted by Crippen LogP contribution is -3.07. The molecule has 3 aromatic heterocycles. The minimum Gasteiger partial charge on any atom is -0.325 e. The number of quaternary nitrogens is 1. The molecular weight excluding hydrogens is 398 g/mol. The first-order valence-electron chi connectivity index (χ1n) is 8.65. The summed E-state index contributed by atoms with van der Waals surface area (Å²) in [4.78, 5) is 23.7. The number of rotatable bonds is 5. The maximum absolute atomic E-state index is 12.8. The van der Waals surface area contributed by atoms with Crippen LogP contribution in [0.5, 0.6) is 0 Å². The van der Waals surface area contributed by atoms with Crippen molar-refractivity contribution in [1.29, 1.82) is 0 Å². The summed E-state index contributed by atoms with van der Waals surface area (Å²) < 4.78 is 0. The van der Waals surface area contributed by atoms with Crippen molar-refractivity contribution in [3.8, 4) is 10.4 Å². The normalized spacial score (nSPS) is 13.7. The second-order valence-electron chi connectivity index (χ2n) is 6.63. The molecule has 3 heterocycles. The fraction of sp³-hybridized carbons (Fsp3) is 0.200. The summed E-state index contributed by atoms with van der Waals surface area (Å²) in [6.07, 6.45) is 0. The number of thiophene rings is 2. The van der Waals surface area contributed by atoms with Gasteiger partial charge in [-0.3, -0.25) is 4.79 Å². The number of fused-ring (bicyclic) bond motifs is 1. The maximum atomic E-state index is 12.8. The van der Waals surface area contributed by atoms with Gasteiger partial charge in [0, 0.05) is 26.4 Å². The smallest absolute Gasteiger partial charge is 0.260 e. The Labute approximate surface area is 170 Å². The molecule has 2 atom stereocenters. The molecule has 0 aliphatic rings. The predicted octanol–water partition coefficient (Wildman–Crippen LogP) is 4.14. The molecule has 0 radical (unpaired) electrons.